The van der Waals surface area contributed by atoms with Crippen LogP contribution in [0.15, 0.2) is 53.7 Å². The number of hydrogen-bond donors (Lipinski definition) is 0. The molecule has 0 atom stereocenters. The number of benzene rings is 1. The first-order valence-electron chi connectivity index (χ1n) is 10.2. The molecule has 0 saturated carbocycles. The van der Waals surface area contributed by atoms with Crippen LogP contribution in [0.2, 0.25) is 0 Å². The van der Waals surface area contributed by atoms with E-state index in [4.69, 9.17) is 0 Å². The fourth-order valence-corrected chi connectivity index (χ4v) is 3.99. The van der Waals surface area contributed by atoms with Crippen LogP contribution in [0.5, 0.6) is 0 Å². The number of alkyl halides is 2. The molecule has 1 saturated heterocycles. The zero-order valence-electron chi connectivity index (χ0n) is 17.3. The summed E-state index contributed by atoms with van der Waals surface area (Å²) in [5.41, 5.74) is 2.66. The van der Waals surface area contributed by atoms with Gasteiger partial charge in [-0.25, -0.2) is 18.4 Å². The van der Waals surface area contributed by atoms with E-state index >= 15 is 0 Å². The molecule has 1 amide bonds. The molecule has 3 aromatic heterocycles. The molecule has 4 aromatic rings. The highest BCUT2D eigenvalue weighted by Gasteiger charge is 2.35. The Morgan fingerprint density at radius 1 is 1.00 bits per heavy atom. The summed E-state index contributed by atoms with van der Waals surface area (Å²) in [6, 6.07) is 9.15. The normalized spacial score (nSPS) is 15.9. The number of carbonyl (C=O) groups excluding carboxylic acids is 1. The molecule has 32 heavy (non-hydrogen) atoms. The number of pyridine rings is 2. The molecule has 1 aliphatic heterocycles. The summed E-state index contributed by atoms with van der Waals surface area (Å²) in [5, 5.41) is 5.42. The van der Waals surface area contributed by atoms with Crippen LogP contribution in [-0.2, 0) is 7.05 Å². The van der Waals surface area contributed by atoms with Gasteiger partial charge < -0.3 is 4.90 Å². The van der Waals surface area contributed by atoms with E-state index in [0.29, 0.717) is 22.0 Å². The van der Waals surface area contributed by atoms with Gasteiger partial charge in [0, 0.05) is 67.3 Å². The Morgan fingerprint density at radius 2 is 1.75 bits per heavy atom. The van der Waals surface area contributed by atoms with Gasteiger partial charge >= 0.3 is 0 Å². The average Bonchev–Trinajstić information content (AvgIpc) is 2.80. The third-order valence-corrected chi connectivity index (χ3v) is 5.83. The standard InChI is InChI=1S/C23H19F2N5O2/c1-29-22(32)20-16(13-28-29)10-15(11-27-20)18-4-2-3-14-9-17(12-26-19(14)18)21(31)30-7-5-23(24,25)6-8-30/h2-4,9-13H,5-8H2,1H3. The molecule has 1 fully saturated rings. The summed E-state index contributed by atoms with van der Waals surface area (Å²) in [4.78, 5) is 35.3. The number of halogens is 2. The number of piperidine rings is 1. The highest BCUT2D eigenvalue weighted by molar-refractivity contribution is 6.01. The molecule has 7 nitrogen and oxygen atoms in total. The maximum Gasteiger partial charge on any atom is 0.292 e. The minimum Gasteiger partial charge on any atom is -0.338 e. The van der Waals surface area contributed by atoms with E-state index in [0.717, 1.165) is 16.5 Å². The number of nitrogens with zero attached hydrogens (tertiary/aromatic N) is 5. The number of fused-ring (bicyclic) bond motifs is 2. The summed E-state index contributed by atoms with van der Waals surface area (Å²) in [6.07, 6.45) is 4.04. The molecule has 0 N–H and O–H groups in total. The van der Waals surface area contributed by atoms with Gasteiger partial charge in [0.1, 0.15) is 5.52 Å². The fourth-order valence-electron chi connectivity index (χ4n) is 3.99. The monoisotopic (exact) mass is 435 g/mol. The summed E-state index contributed by atoms with van der Waals surface area (Å²) >= 11 is 0. The number of rotatable bonds is 2. The lowest BCUT2D eigenvalue weighted by Gasteiger charge is -2.31. The second-order valence-electron chi connectivity index (χ2n) is 7.98. The molecule has 4 heterocycles. The number of likely N-dealkylation sites (tertiary alicyclic amines) is 1. The molecule has 162 valence electrons. The maximum atomic E-state index is 13.4. The van der Waals surface area contributed by atoms with Crippen LogP contribution in [0.1, 0.15) is 23.2 Å². The smallest absolute Gasteiger partial charge is 0.292 e. The molecule has 0 unspecified atom stereocenters. The van der Waals surface area contributed by atoms with Crippen LogP contribution < -0.4 is 5.56 Å². The molecular weight excluding hydrogens is 416 g/mol. The number of para-hydroxylation sites is 1. The lowest BCUT2D eigenvalue weighted by molar-refractivity contribution is -0.0494. The Bertz CT molecular complexity index is 1420. The van der Waals surface area contributed by atoms with E-state index in [1.54, 1.807) is 25.5 Å². The van der Waals surface area contributed by atoms with Gasteiger partial charge in [-0.15, -0.1) is 0 Å². The van der Waals surface area contributed by atoms with Crippen molar-refractivity contribution in [1.29, 1.82) is 0 Å². The summed E-state index contributed by atoms with van der Waals surface area (Å²) < 4.78 is 28.1. The quantitative estimate of drug-likeness (QED) is 0.482. The topological polar surface area (TPSA) is 81.0 Å². The lowest BCUT2D eigenvalue weighted by Crippen LogP contribution is -2.42. The minimum absolute atomic E-state index is 0.0279. The zero-order valence-corrected chi connectivity index (χ0v) is 17.3. The second kappa shape index (κ2) is 7.44. The van der Waals surface area contributed by atoms with Crippen LogP contribution in [0, 0.1) is 0 Å². The first kappa shape index (κ1) is 20.2. The van der Waals surface area contributed by atoms with Crippen molar-refractivity contribution in [2.24, 2.45) is 7.05 Å². The van der Waals surface area contributed by atoms with Crippen molar-refractivity contribution >= 4 is 27.7 Å². The van der Waals surface area contributed by atoms with Crippen LogP contribution in [0.25, 0.3) is 32.9 Å². The van der Waals surface area contributed by atoms with E-state index in [-0.39, 0.29) is 37.4 Å². The minimum atomic E-state index is -2.71. The fraction of sp³-hybridized carbons (Fsp3) is 0.261. The van der Waals surface area contributed by atoms with Crippen molar-refractivity contribution in [2.45, 2.75) is 18.8 Å². The Balaban J connectivity index is 1.51. The molecular formula is C23H19F2N5O2. The van der Waals surface area contributed by atoms with Crippen LogP contribution in [0.3, 0.4) is 0 Å². The van der Waals surface area contributed by atoms with Crippen LogP contribution >= 0.6 is 0 Å². The van der Waals surface area contributed by atoms with Gasteiger partial charge in [0.15, 0.2) is 0 Å². The van der Waals surface area contributed by atoms with Crippen LogP contribution in [0.4, 0.5) is 8.78 Å². The Hall–Kier alpha value is -3.75. The van der Waals surface area contributed by atoms with E-state index in [1.165, 1.54) is 15.8 Å². The third-order valence-electron chi connectivity index (χ3n) is 5.83. The number of carbonyl (C=O) groups is 1. The number of hydrogen-bond acceptors (Lipinski definition) is 5. The van der Waals surface area contributed by atoms with Crippen molar-refractivity contribution in [3.05, 3.63) is 64.8 Å². The summed E-state index contributed by atoms with van der Waals surface area (Å²) in [5.74, 6) is -3.00. The molecule has 0 bridgehead atoms. The van der Waals surface area contributed by atoms with Gasteiger partial charge in [0.05, 0.1) is 17.3 Å². The molecule has 0 radical (unpaired) electrons. The predicted octanol–water partition coefficient (Wildman–Crippen LogP) is 3.42. The SMILES string of the molecule is Cn1ncc2cc(-c3cccc4cc(C(=O)N5CCC(F)(F)CC5)cnc34)cnc2c1=O. The van der Waals surface area contributed by atoms with Gasteiger partial charge in [-0.1, -0.05) is 18.2 Å². The number of aromatic nitrogens is 4. The maximum absolute atomic E-state index is 13.4. The van der Waals surface area contributed by atoms with Crippen molar-refractivity contribution in [3.8, 4) is 11.1 Å². The van der Waals surface area contributed by atoms with Gasteiger partial charge in [-0.05, 0) is 12.1 Å². The van der Waals surface area contributed by atoms with Gasteiger partial charge in [-0.3, -0.25) is 14.6 Å². The Labute approximate surface area is 181 Å². The third kappa shape index (κ3) is 3.49. The Morgan fingerprint density at radius 3 is 2.53 bits per heavy atom. The first-order valence-corrected chi connectivity index (χ1v) is 10.2. The second-order valence-corrected chi connectivity index (χ2v) is 7.98. The highest BCUT2D eigenvalue weighted by Crippen LogP contribution is 2.30. The highest BCUT2D eigenvalue weighted by atomic mass is 19.3. The van der Waals surface area contributed by atoms with E-state index in [9.17, 15) is 18.4 Å². The van der Waals surface area contributed by atoms with Gasteiger partial charge in [0.25, 0.3) is 17.4 Å². The molecule has 1 aliphatic rings. The van der Waals surface area contributed by atoms with E-state index in [2.05, 4.69) is 15.1 Å². The van der Waals surface area contributed by atoms with Crippen molar-refractivity contribution in [2.75, 3.05) is 13.1 Å². The van der Waals surface area contributed by atoms with Gasteiger partial charge in [-0.2, -0.15) is 5.10 Å². The predicted molar refractivity (Wildman–Crippen MR) is 116 cm³/mol. The van der Waals surface area contributed by atoms with Crippen molar-refractivity contribution < 1.29 is 13.6 Å². The number of aryl methyl sites for hydroxylation is 1. The molecule has 0 spiro atoms. The lowest BCUT2D eigenvalue weighted by atomic mass is 10.0. The molecule has 5 rings (SSSR count). The largest absolute Gasteiger partial charge is 0.338 e. The van der Waals surface area contributed by atoms with Gasteiger partial charge in [0.2, 0.25) is 0 Å². The summed E-state index contributed by atoms with van der Waals surface area (Å²) in [6.45, 7) is 0.0559. The zero-order chi connectivity index (χ0) is 22.5. The number of amides is 1. The van der Waals surface area contributed by atoms with Crippen molar-refractivity contribution in [3.63, 3.8) is 0 Å². The van der Waals surface area contributed by atoms with Crippen molar-refractivity contribution in [1.82, 2.24) is 24.6 Å². The summed E-state index contributed by atoms with van der Waals surface area (Å²) in [7, 11) is 1.57. The molecule has 9 heteroatoms. The van der Waals surface area contributed by atoms with E-state index < -0.39 is 5.92 Å². The molecule has 1 aromatic carbocycles. The van der Waals surface area contributed by atoms with Crippen LogP contribution in [-0.4, -0.2) is 49.6 Å². The average molecular weight is 435 g/mol. The molecule has 0 aliphatic carbocycles. The first-order chi connectivity index (χ1) is 15.3. The van der Waals surface area contributed by atoms with E-state index in [1.807, 2.05) is 24.3 Å². The Kier molecular flexibility index (Phi) is 4.69.